The molecule has 1 aliphatic rings. The second kappa shape index (κ2) is 6.55. The van der Waals surface area contributed by atoms with Gasteiger partial charge in [-0.2, -0.15) is 4.31 Å². The molecule has 0 radical (unpaired) electrons. The van der Waals surface area contributed by atoms with Gasteiger partial charge in [-0.25, -0.2) is 8.42 Å². The van der Waals surface area contributed by atoms with E-state index in [9.17, 15) is 8.42 Å². The summed E-state index contributed by atoms with van der Waals surface area (Å²) in [7, 11) is -2.14. The summed E-state index contributed by atoms with van der Waals surface area (Å²) in [5.41, 5.74) is 5.85. The summed E-state index contributed by atoms with van der Waals surface area (Å²) in [4.78, 5) is -0.0569. The SMILES string of the molecule is CN(C1CCC1)S(=O)(=O)c1c(Cl)cc(C#CCN)cc1Cl. The van der Waals surface area contributed by atoms with E-state index in [2.05, 4.69) is 11.8 Å². The Bertz CT molecular complexity index is 680. The van der Waals surface area contributed by atoms with E-state index in [1.807, 2.05) is 0 Å². The Hall–Kier alpha value is -0.770. The van der Waals surface area contributed by atoms with Crippen molar-refractivity contribution in [3.63, 3.8) is 0 Å². The Morgan fingerprint density at radius 1 is 1.33 bits per heavy atom. The zero-order valence-electron chi connectivity index (χ0n) is 11.6. The molecular formula is C14H16Cl2N2O2S. The number of halogens is 2. The van der Waals surface area contributed by atoms with Crippen LogP contribution in [0.2, 0.25) is 10.0 Å². The van der Waals surface area contributed by atoms with Crippen LogP contribution in [0.15, 0.2) is 17.0 Å². The molecule has 7 heteroatoms. The molecule has 114 valence electrons. The average Bonchev–Trinajstić information content (AvgIpc) is 2.33. The highest BCUT2D eigenvalue weighted by Crippen LogP contribution is 2.35. The van der Waals surface area contributed by atoms with Gasteiger partial charge in [0.1, 0.15) is 4.90 Å². The number of sulfonamides is 1. The predicted octanol–water partition coefficient (Wildman–Crippen LogP) is 2.48. The maximum Gasteiger partial charge on any atom is 0.246 e. The molecule has 0 saturated heterocycles. The van der Waals surface area contributed by atoms with Crippen molar-refractivity contribution in [3.05, 3.63) is 27.7 Å². The minimum Gasteiger partial charge on any atom is -0.320 e. The second-order valence-corrected chi connectivity index (χ2v) is 7.63. The Balaban J connectivity index is 2.43. The molecule has 0 spiro atoms. The van der Waals surface area contributed by atoms with E-state index in [4.69, 9.17) is 28.9 Å². The van der Waals surface area contributed by atoms with Crippen LogP contribution < -0.4 is 5.73 Å². The number of nitrogens with two attached hydrogens (primary N) is 1. The fraction of sp³-hybridized carbons (Fsp3) is 0.429. The largest absolute Gasteiger partial charge is 0.320 e. The molecule has 1 saturated carbocycles. The van der Waals surface area contributed by atoms with Crippen LogP contribution in [0, 0.1) is 11.8 Å². The average molecular weight is 347 g/mol. The number of hydrogen-bond donors (Lipinski definition) is 1. The summed E-state index contributed by atoms with van der Waals surface area (Å²) in [6, 6.07) is 3.02. The van der Waals surface area contributed by atoms with Crippen molar-refractivity contribution in [2.75, 3.05) is 13.6 Å². The van der Waals surface area contributed by atoms with Gasteiger partial charge in [0.15, 0.2) is 0 Å². The molecule has 1 aliphatic carbocycles. The third-order valence-electron chi connectivity index (χ3n) is 3.56. The lowest BCUT2D eigenvalue weighted by Gasteiger charge is -2.34. The van der Waals surface area contributed by atoms with Crippen LogP contribution in [0.4, 0.5) is 0 Å². The Kier molecular flexibility index (Phi) is 5.18. The predicted molar refractivity (Wildman–Crippen MR) is 85.0 cm³/mol. The van der Waals surface area contributed by atoms with Gasteiger partial charge in [-0.15, -0.1) is 0 Å². The van der Waals surface area contributed by atoms with Gasteiger partial charge in [0.2, 0.25) is 10.0 Å². The highest BCUT2D eigenvalue weighted by Gasteiger charge is 2.34. The lowest BCUT2D eigenvalue weighted by molar-refractivity contribution is 0.249. The number of rotatable bonds is 3. The van der Waals surface area contributed by atoms with Crippen LogP contribution in [0.3, 0.4) is 0 Å². The van der Waals surface area contributed by atoms with Crippen molar-refractivity contribution >= 4 is 33.2 Å². The third kappa shape index (κ3) is 3.36. The van der Waals surface area contributed by atoms with E-state index in [0.717, 1.165) is 19.3 Å². The minimum atomic E-state index is -3.70. The minimum absolute atomic E-state index is 0.0267. The summed E-state index contributed by atoms with van der Waals surface area (Å²) in [5, 5.41) is 0.157. The Morgan fingerprint density at radius 2 is 1.90 bits per heavy atom. The summed E-state index contributed by atoms with van der Waals surface area (Å²) in [6.45, 7) is 0.208. The topological polar surface area (TPSA) is 63.4 Å². The molecule has 4 nitrogen and oxygen atoms in total. The molecule has 21 heavy (non-hydrogen) atoms. The number of nitrogens with zero attached hydrogens (tertiary/aromatic N) is 1. The van der Waals surface area contributed by atoms with Gasteiger partial charge < -0.3 is 5.73 Å². The molecule has 0 aromatic heterocycles. The second-order valence-electron chi connectivity index (χ2n) is 4.88. The molecule has 0 bridgehead atoms. The van der Waals surface area contributed by atoms with Gasteiger partial charge in [-0.1, -0.05) is 41.5 Å². The van der Waals surface area contributed by atoms with E-state index in [-0.39, 0.29) is 27.5 Å². The first-order valence-corrected chi connectivity index (χ1v) is 8.73. The third-order valence-corrected chi connectivity index (χ3v) is 6.39. The lowest BCUT2D eigenvalue weighted by atomic mass is 9.94. The molecule has 0 aliphatic heterocycles. The summed E-state index contributed by atoms with van der Waals surface area (Å²) in [6.07, 6.45) is 2.77. The van der Waals surface area contributed by atoms with Crippen LogP contribution in [0.5, 0.6) is 0 Å². The van der Waals surface area contributed by atoms with Gasteiger partial charge >= 0.3 is 0 Å². The summed E-state index contributed by atoms with van der Waals surface area (Å²) in [5.74, 6) is 5.46. The highest BCUT2D eigenvalue weighted by atomic mass is 35.5. The molecular weight excluding hydrogens is 331 g/mol. The zero-order chi connectivity index (χ0) is 15.6. The first kappa shape index (κ1) is 16.6. The molecule has 1 fully saturated rings. The molecule has 2 N–H and O–H groups in total. The van der Waals surface area contributed by atoms with E-state index < -0.39 is 10.0 Å². The van der Waals surface area contributed by atoms with Crippen molar-refractivity contribution in [2.24, 2.45) is 5.73 Å². The maximum atomic E-state index is 12.6. The molecule has 1 aromatic rings. The standard InChI is InChI=1S/C14H16Cl2N2O2S/c1-18(11-5-2-6-11)21(19,20)14-12(15)8-10(4-3-7-17)9-13(14)16/h8-9,11H,2,5-7,17H2,1H3. The van der Waals surface area contributed by atoms with Crippen LogP contribution in [-0.4, -0.2) is 32.4 Å². The van der Waals surface area contributed by atoms with Crippen molar-refractivity contribution < 1.29 is 8.42 Å². The van der Waals surface area contributed by atoms with E-state index in [0.29, 0.717) is 5.56 Å². The number of benzene rings is 1. The monoisotopic (exact) mass is 346 g/mol. The first-order valence-electron chi connectivity index (χ1n) is 6.54. The zero-order valence-corrected chi connectivity index (χ0v) is 13.9. The fourth-order valence-corrected chi connectivity index (χ4v) is 4.70. The van der Waals surface area contributed by atoms with Gasteiger partial charge in [0.25, 0.3) is 0 Å². The van der Waals surface area contributed by atoms with Crippen molar-refractivity contribution in [1.82, 2.24) is 4.31 Å². The van der Waals surface area contributed by atoms with Gasteiger partial charge in [-0.3, -0.25) is 0 Å². The Labute approximate surface area is 135 Å². The van der Waals surface area contributed by atoms with Gasteiger partial charge in [0.05, 0.1) is 16.6 Å². The molecule has 2 rings (SSSR count). The molecule has 0 heterocycles. The van der Waals surface area contributed by atoms with E-state index in [1.165, 1.54) is 16.4 Å². The summed E-state index contributed by atoms with van der Waals surface area (Å²) < 4.78 is 26.6. The first-order chi connectivity index (χ1) is 9.87. The van der Waals surface area contributed by atoms with Crippen LogP contribution in [-0.2, 0) is 10.0 Å². The summed E-state index contributed by atoms with van der Waals surface area (Å²) >= 11 is 12.2. The molecule has 0 amide bonds. The van der Waals surface area contributed by atoms with Crippen molar-refractivity contribution in [1.29, 1.82) is 0 Å². The lowest BCUT2D eigenvalue weighted by Crippen LogP contribution is -2.41. The molecule has 0 unspecified atom stereocenters. The quantitative estimate of drug-likeness (QED) is 0.855. The van der Waals surface area contributed by atoms with E-state index in [1.54, 1.807) is 7.05 Å². The molecule has 1 aromatic carbocycles. The number of hydrogen-bond acceptors (Lipinski definition) is 3. The smallest absolute Gasteiger partial charge is 0.246 e. The maximum absolute atomic E-state index is 12.6. The van der Waals surface area contributed by atoms with Gasteiger partial charge in [0, 0.05) is 18.7 Å². The van der Waals surface area contributed by atoms with Crippen LogP contribution in [0.1, 0.15) is 24.8 Å². The molecule has 0 atom stereocenters. The van der Waals surface area contributed by atoms with Crippen LogP contribution >= 0.6 is 23.2 Å². The van der Waals surface area contributed by atoms with Crippen molar-refractivity contribution in [2.45, 2.75) is 30.2 Å². The Morgan fingerprint density at radius 3 is 2.33 bits per heavy atom. The van der Waals surface area contributed by atoms with Crippen LogP contribution in [0.25, 0.3) is 0 Å². The van der Waals surface area contributed by atoms with Gasteiger partial charge in [-0.05, 0) is 25.0 Å². The highest BCUT2D eigenvalue weighted by molar-refractivity contribution is 7.89. The fourth-order valence-electron chi connectivity index (χ4n) is 2.12. The van der Waals surface area contributed by atoms with Crippen molar-refractivity contribution in [3.8, 4) is 11.8 Å². The van der Waals surface area contributed by atoms with E-state index >= 15 is 0 Å². The normalized spacial score (nSPS) is 15.5.